The molecule has 0 aromatic carbocycles. The SMILES string of the molecule is CC(C)(CCCN1CCOC2CCCCC21)C(=N)N. The van der Waals surface area contributed by atoms with Crippen molar-refractivity contribution in [3.05, 3.63) is 0 Å². The van der Waals surface area contributed by atoms with Gasteiger partial charge in [-0.2, -0.15) is 0 Å². The number of nitrogens with zero attached hydrogens (tertiary/aromatic N) is 1. The molecule has 2 fully saturated rings. The summed E-state index contributed by atoms with van der Waals surface area (Å²) in [6.07, 6.45) is 7.79. The van der Waals surface area contributed by atoms with Crippen LogP contribution >= 0.6 is 0 Å². The fraction of sp³-hybridized carbons (Fsp3) is 0.933. The zero-order chi connectivity index (χ0) is 13.9. The highest BCUT2D eigenvalue weighted by Crippen LogP contribution is 2.29. The number of ether oxygens (including phenoxy) is 1. The van der Waals surface area contributed by atoms with Gasteiger partial charge in [-0.05, 0) is 32.2 Å². The van der Waals surface area contributed by atoms with Gasteiger partial charge in [0.2, 0.25) is 0 Å². The number of hydrogen-bond acceptors (Lipinski definition) is 3. The first-order valence-electron chi connectivity index (χ1n) is 7.71. The predicted molar refractivity (Wildman–Crippen MR) is 78.5 cm³/mol. The van der Waals surface area contributed by atoms with Gasteiger partial charge in [0.15, 0.2) is 0 Å². The van der Waals surface area contributed by atoms with Gasteiger partial charge in [0.05, 0.1) is 18.5 Å². The third kappa shape index (κ3) is 3.69. The van der Waals surface area contributed by atoms with E-state index < -0.39 is 0 Å². The van der Waals surface area contributed by atoms with Gasteiger partial charge >= 0.3 is 0 Å². The summed E-state index contributed by atoms with van der Waals surface area (Å²) in [6, 6.07) is 0.642. The van der Waals surface area contributed by atoms with Gasteiger partial charge in [-0.15, -0.1) is 0 Å². The van der Waals surface area contributed by atoms with Gasteiger partial charge in [0.1, 0.15) is 0 Å². The Morgan fingerprint density at radius 2 is 2.11 bits per heavy atom. The lowest BCUT2D eigenvalue weighted by Gasteiger charge is -2.44. The van der Waals surface area contributed by atoms with E-state index in [1.54, 1.807) is 0 Å². The minimum Gasteiger partial charge on any atom is -0.387 e. The molecule has 1 aliphatic heterocycles. The largest absolute Gasteiger partial charge is 0.387 e. The predicted octanol–water partition coefficient (Wildman–Crippen LogP) is 2.37. The Balaban J connectivity index is 1.80. The molecule has 2 rings (SSSR count). The standard InChI is InChI=1S/C15H29N3O/c1-15(2,14(16)17)8-5-9-18-10-11-19-13-7-4-3-6-12(13)18/h12-13H,3-11H2,1-2H3,(H3,16,17). The summed E-state index contributed by atoms with van der Waals surface area (Å²) in [5, 5.41) is 7.61. The second-order valence-electron chi connectivity index (χ2n) is 6.70. The number of morpholine rings is 1. The van der Waals surface area contributed by atoms with Crippen molar-refractivity contribution in [2.75, 3.05) is 19.7 Å². The fourth-order valence-electron chi connectivity index (χ4n) is 3.31. The summed E-state index contributed by atoms with van der Waals surface area (Å²) in [6.45, 7) is 7.22. The molecule has 2 atom stereocenters. The number of amidine groups is 1. The molecule has 1 saturated carbocycles. The first-order valence-corrected chi connectivity index (χ1v) is 7.71. The van der Waals surface area contributed by atoms with Gasteiger partial charge in [0.25, 0.3) is 0 Å². The van der Waals surface area contributed by atoms with E-state index in [1.807, 2.05) is 0 Å². The van der Waals surface area contributed by atoms with Crippen molar-refractivity contribution in [3.8, 4) is 0 Å². The van der Waals surface area contributed by atoms with Crippen LogP contribution < -0.4 is 5.73 Å². The Kier molecular flexibility index (Phi) is 4.85. The lowest BCUT2D eigenvalue weighted by atomic mass is 9.86. The highest BCUT2D eigenvalue weighted by Gasteiger charge is 2.34. The Labute approximate surface area is 117 Å². The van der Waals surface area contributed by atoms with Crippen molar-refractivity contribution in [3.63, 3.8) is 0 Å². The van der Waals surface area contributed by atoms with Crippen LogP contribution in [-0.4, -0.2) is 42.6 Å². The Morgan fingerprint density at radius 1 is 1.37 bits per heavy atom. The molecule has 19 heavy (non-hydrogen) atoms. The van der Waals surface area contributed by atoms with E-state index in [2.05, 4.69) is 18.7 Å². The molecule has 4 nitrogen and oxygen atoms in total. The molecule has 0 spiro atoms. The molecule has 0 bridgehead atoms. The highest BCUT2D eigenvalue weighted by atomic mass is 16.5. The maximum Gasteiger partial charge on any atom is 0.0963 e. The van der Waals surface area contributed by atoms with Crippen LogP contribution in [0.3, 0.4) is 0 Å². The third-order valence-corrected chi connectivity index (χ3v) is 4.82. The Morgan fingerprint density at radius 3 is 2.84 bits per heavy atom. The summed E-state index contributed by atoms with van der Waals surface area (Å²) in [5.41, 5.74) is 5.49. The second kappa shape index (κ2) is 6.23. The van der Waals surface area contributed by atoms with Crippen LogP contribution in [0.2, 0.25) is 0 Å². The van der Waals surface area contributed by atoms with Crippen LogP contribution in [0.4, 0.5) is 0 Å². The summed E-state index contributed by atoms with van der Waals surface area (Å²) in [5.74, 6) is 0.310. The number of fused-ring (bicyclic) bond motifs is 1. The average Bonchev–Trinajstić information content (AvgIpc) is 2.38. The van der Waals surface area contributed by atoms with E-state index in [4.69, 9.17) is 15.9 Å². The van der Waals surface area contributed by atoms with Crippen LogP contribution in [-0.2, 0) is 4.74 Å². The number of rotatable bonds is 5. The Hall–Kier alpha value is -0.610. The number of nitrogens with two attached hydrogens (primary N) is 1. The van der Waals surface area contributed by atoms with E-state index in [1.165, 1.54) is 25.7 Å². The lowest BCUT2D eigenvalue weighted by Crippen LogP contribution is -2.52. The van der Waals surface area contributed by atoms with Crippen LogP contribution in [0.1, 0.15) is 52.4 Å². The summed E-state index contributed by atoms with van der Waals surface area (Å²) in [4.78, 5) is 2.61. The average molecular weight is 267 g/mol. The minimum absolute atomic E-state index is 0.155. The van der Waals surface area contributed by atoms with E-state index in [0.29, 0.717) is 18.0 Å². The van der Waals surface area contributed by atoms with E-state index in [0.717, 1.165) is 32.5 Å². The summed E-state index contributed by atoms with van der Waals surface area (Å²) < 4.78 is 5.90. The monoisotopic (exact) mass is 267 g/mol. The number of nitrogens with one attached hydrogen (secondary N) is 1. The highest BCUT2D eigenvalue weighted by molar-refractivity contribution is 5.82. The number of hydrogen-bond donors (Lipinski definition) is 2. The first kappa shape index (κ1) is 14.8. The first-order chi connectivity index (χ1) is 9.00. The zero-order valence-electron chi connectivity index (χ0n) is 12.5. The van der Waals surface area contributed by atoms with Crippen molar-refractivity contribution >= 4 is 5.84 Å². The molecule has 1 heterocycles. The quantitative estimate of drug-likeness (QED) is 0.594. The van der Waals surface area contributed by atoms with E-state index in [9.17, 15) is 0 Å². The third-order valence-electron chi connectivity index (χ3n) is 4.82. The maximum absolute atomic E-state index is 7.61. The van der Waals surface area contributed by atoms with Crippen molar-refractivity contribution < 1.29 is 4.74 Å². The summed E-state index contributed by atoms with van der Waals surface area (Å²) in [7, 11) is 0. The van der Waals surface area contributed by atoms with Gasteiger partial charge < -0.3 is 10.5 Å². The van der Waals surface area contributed by atoms with Crippen LogP contribution in [0, 0.1) is 10.8 Å². The molecule has 4 heteroatoms. The molecule has 2 unspecified atom stereocenters. The van der Waals surface area contributed by atoms with Crippen LogP contribution in [0.5, 0.6) is 0 Å². The van der Waals surface area contributed by atoms with Crippen molar-refractivity contribution in [2.24, 2.45) is 11.1 Å². The normalized spacial score (nSPS) is 28.9. The smallest absolute Gasteiger partial charge is 0.0963 e. The van der Waals surface area contributed by atoms with Gasteiger partial charge in [-0.1, -0.05) is 26.7 Å². The van der Waals surface area contributed by atoms with Gasteiger partial charge in [-0.3, -0.25) is 10.3 Å². The topological polar surface area (TPSA) is 62.3 Å². The van der Waals surface area contributed by atoms with Crippen LogP contribution in [0.25, 0.3) is 0 Å². The van der Waals surface area contributed by atoms with E-state index in [-0.39, 0.29) is 5.41 Å². The minimum atomic E-state index is -0.155. The Bertz CT molecular complexity index is 315. The molecule has 0 aromatic heterocycles. The second-order valence-corrected chi connectivity index (χ2v) is 6.70. The van der Waals surface area contributed by atoms with Gasteiger partial charge in [-0.25, -0.2) is 0 Å². The molecule has 1 saturated heterocycles. The molecule has 1 aliphatic carbocycles. The molecular formula is C15H29N3O. The van der Waals surface area contributed by atoms with E-state index >= 15 is 0 Å². The zero-order valence-corrected chi connectivity index (χ0v) is 12.5. The lowest BCUT2D eigenvalue weighted by molar-refractivity contribution is -0.0885. The van der Waals surface area contributed by atoms with Crippen molar-refractivity contribution in [2.45, 2.75) is 64.5 Å². The molecule has 2 aliphatic rings. The molecule has 0 aromatic rings. The molecule has 3 N–H and O–H groups in total. The molecule has 0 radical (unpaired) electrons. The maximum atomic E-state index is 7.61. The van der Waals surface area contributed by atoms with Crippen molar-refractivity contribution in [1.82, 2.24) is 4.90 Å². The summed E-state index contributed by atoms with van der Waals surface area (Å²) >= 11 is 0. The fourth-order valence-corrected chi connectivity index (χ4v) is 3.31. The molecular weight excluding hydrogens is 238 g/mol. The van der Waals surface area contributed by atoms with Crippen molar-refractivity contribution in [1.29, 1.82) is 5.41 Å². The molecule has 110 valence electrons. The van der Waals surface area contributed by atoms with Gasteiger partial charge in [0, 0.05) is 18.0 Å². The van der Waals surface area contributed by atoms with Crippen LogP contribution in [0.15, 0.2) is 0 Å². The molecule has 0 amide bonds.